The molecule has 0 amide bonds. The summed E-state index contributed by atoms with van der Waals surface area (Å²) in [4.78, 5) is 19.0. The van der Waals surface area contributed by atoms with Crippen LogP contribution in [0.1, 0.15) is 16.3 Å². The Bertz CT molecular complexity index is 498. The highest BCUT2D eigenvalue weighted by Crippen LogP contribution is 2.05. The van der Waals surface area contributed by atoms with Crippen LogP contribution in [0.4, 0.5) is 5.82 Å². The number of nitrogens with zero attached hydrogens (tertiary/aromatic N) is 3. The first-order valence-corrected chi connectivity index (χ1v) is 4.84. The highest BCUT2D eigenvalue weighted by molar-refractivity contribution is 5.85. The molecule has 0 radical (unpaired) electrons. The van der Waals surface area contributed by atoms with Crippen molar-refractivity contribution in [2.24, 2.45) is 0 Å². The number of hydrogen-bond acceptors (Lipinski definition) is 7. The molecule has 0 aliphatic carbocycles. The molecule has 0 saturated carbocycles. The number of carbonyl (C=O) groups excluding carboxylic acids is 1. The van der Waals surface area contributed by atoms with Gasteiger partial charge in [-0.25, -0.2) is 14.8 Å². The number of carbonyl (C=O) groups is 1. The standard InChI is InChI=1S/C10H10N4O3/c1-16-10(15)9-11-4-2-8(13-9)12-6-7-3-5-17-14-7/h2-5H,6H2,1H3,(H,11,12,13). The predicted molar refractivity (Wildman–Crippen MR) is 57.2 cm³/mol. The van der Waals surface area contributed by atoms with E-state index in [2.05, 4.69) is 29.7 Å². The fourth-order valence-corrected chi connectivity index (χ4v) is 1.16. The number of nitrogens with one attached hydrogen (secondary N) is 1. The van der Waals surface area contributed by atoms with Crippen LogP contribution in [0.3, 0.4) is 0 Å². The van der Waals surface area contributed by atoms with Crippen LogP contribution in [0.15, 0.2) is 29.1 Å². The molecule has 0 spiro atoms. The lowest BCUT2D eigenvalue weighted by atomic mass is 10.4. The third kappa shape index (κ3) is 2.77. The quantitative estimate of drug-likeness (QED) is 0.784. The maximum absolute atomic E-state index is 11.2. The second-order valence-corrected chi connectivity index (χ2v) is 3.10. The normalized spacial score (nSPS) is 9.94. The first-order valence-electron chi connectivity index (χ1n) is 4.84. The maximum atomic E-state index is 11.2. The van der Waals surface area contributed by atoms with Gasteiger partial charge in [0.15, 0.2) is 0 Å². The van der Waals surface area contributed by atoms with Crippen LogP contribution in [-0.2, 0) is 11.3 Å². The van der Waals surface area contributed by atoms with Gasteiger partial charge in [0.1, 0.15) is 17.8 Å². The van der Waals surface area contributed by atoms with Crippen LogP contribution in [0, 0.1) is 0 Å². The van der Waals surface area contributed by atoms with Gasteiger partial charge < -0.3 is 14.6 Å². The van der Waals surface area contributed by atoms with E-state index in [1.54, 1.807) is 12.1 Å². The minimum atomic E-state index is -0.574. The summed E-state index contributed by atoms with van der Waals surface area (Å²) in [5.74, 6) is -0.0452. The number of esters is 1. The van der Waals surface area contributed by atoms with Gasteiger partial charge in [-0.3, -0.25) is 0 Å². The molecule has 0 aliphatic heterocycles. The minimum absolute atomic E-state index is 0.0117. The Morgan fingerprint density at radius 1 is 1.53 bits per heavy atom. The molecule has 2 rings (SSSR count). The SMILES string of the molecule is COC(=O)c1nccc(NCc2ccon2)n1. The number of aromatic nitrogens is 3. The predicted octanol–water partition coefficient (Wildman–Crippen LogP) is 0.863. The monoisotopic (exact) mass is 234 g/mol. The molecule has 0 unspecified atom stereocenters. The second kappa shape index (κ2) is 5.06. The smallest absolute Gasteiger partial charge is 0.376 e. The lowest BCUT2D eigenvalue weighted by Gasteiger charge is -2.03. The van der Waals surface area contributed by atoms with Gasteiger partial charge in [-0.05, 0) is 6.07 Å². The Labute approximate surface area is 96.8 Å². The molecule has 0 fully saturated rings. The van der Waals surface area contributed by atoms with Gasteiger partial charge in [0, 0.05) is 12.3 Å². The molecule has 0 atom stereocenters. The van der Waals surface area contributed by atoms with E-state index in [1.165, 1.54) is 19.6 Å². The Morgan fingerprint density at radius 2 is 2.41 bits per heavy atom. The molecule has 0 aliphatic rings. The zero-order valence-electron chi connectivity index (χ0n) is 9.08. The topological polar surface area (TPSA) is 90.1 Å². The summed E-state index contributed by atoms with van der Waals surface area (Å²) in [5, 5.41) is 6.72. The molecule has 1 N–H and O–H groups in total. The van der Waals surface area contributed by atoms with Crippen molar-refractivity contribution in [2.45, 2.75) is 6.54 Å². The fourth-order valence-electron chi connectivity index (χ4n) is 1.16. The lowest BCUT2D eigenvalue weighted by Crippen LogP contribution is -2.09. The largest absolute Gasteiger partial charge is 0.463 e. The van der Waals surface area contributed by atoms with Crippen molar-refractivity contribution in [2.75, 3.05) is 12.4 Å². The van der Waals surface area contributed by atoms with Gasteiger partial charge in [0.2, 0.25) is 5.82 Å². The van der Waals surface area contributed by atoms with Gasteiger partial charge in [-0.2, -0.15) is 0 Å². The highest BCUT2D eigenvalue weighted by Gasteiger charge is 2.09. The molecular formula is C10H10N4O3. The molecule has 0 aromatic carbocycles. The molecule has 2 heterocycles. The van der Waals surface area contributed by atoms with E-state index in [0.29, 0.717) is 12.4 Å². The number of ether oxygens (including phenoxy) is 1. The van der Waals surface area contributed by atoms with Gasteiger partial charge >= 0.3 is 5.97 Å². The summed E-state index contributed by atoms with van der Waals surface area (Å²) >= 11 is 0. The van der Waals surface area contributed by atoms with Crippen molar-refractivity contribution < 1.29 is 14.1 Å². The van der Waals surface area contributed by atoms with Crippen molar-refractivity contribution >= 4 is 11.8 Å². The zero-order chi connectivity index (χ0) is 12.1. The Morgan fingerprint density at radius 3 is 3.12 bits per heavy atom. The average molecular weight is 234 g/mol. The van der Waals surface area contributed by atoms with Crippen LogP contribution < -0.4 is 5.32 Å². The number of hydrogen-bond donors (Lipinski definition) is 1. The Balaban J connectivity index is 2.03. The second-order valence-electron chi connectivity index (χ2n) is 3.10. The number of methoxy groups -OCH3 is 1. The van der Waals surface area contributed by atoms with E-state index < -0.39 is 5.97 Å². The van der Waals surface area contributed by atoms with Gasteiger partial charge in [-0.1, -0.05) is 5.16 Å². The molecule has 17 heavy (non-hydrogen) atoms. The van der Waals surface area contributed by atoms with E-state index >= 15 is 0 Å². The highest BCUT2D eigenvalue weighted by atomic mass is 16.5. The third-order valence-corrected chi connectivity index (χ3v) is 1.97. The molecule has 2 aromatic heterocycles. The molecule has 7 heteroatoms. The van der Waals surface area contributed by atoms with E-state index in [4.69, 9.17) is 0 Å². The lowest BCUT2D eigenvalue weighted by molar-refractivity contribution is 0.0587. The van der Waals surface area contributed by atoms with Crippen molar-refractivity contribution in [1.29, 1.82) is 0 Å². The summed E-state index contributed by atoms with van der Waals surface area (Å²) in [7, 11) is 1.28. The van der Waals surface area contributed by atoms with Crippen LogP contribution in [0.5, 0.6) is 0 Å². The van der Waals surface area contributed by atoms with Crippen LogP contribution in [-0.4, -0.2) is 28.2 Å². The first kappa shape index (κ1) is 11.1. The van der Waals surface area contributed by atoms with Crippen molar-refractivity contribution in [3.8, 4) is 0 Å². The number of rotatable bonds is 4. The maximum Gasteiger partial charge on any atom is 0.376 e. The van der Waals surface area contributed by atoms with Crippen molar-refractivity contribution in [1.82, 2.24) is 15.1 Å². The summed E-state index contributed by atoms with van der Waals surface area (Å²) in [6.07, 6.45) is 2.96. The molecule has 88 valence electrons. The van der Waals surface area contributed by atoms with Crippen LogP contribution in [0.25, 0.3) is 0 Å². The van der Waals surface area contributed by atoms with Crippen LogP contribution >= 0.6 is 0 Å². The Kier molecular flexibility index (Phi) is 3.29. The summed E-state index contributed by atoms with van der Waals surface area (Å²) in [5.41, 5.74) is 0.739. The molecule has 0 saturated heterocycles. The zero-order valence-corrected chi connectivity index (χ0v) is 9.08. The van der Waals surface area contributed by atoms with E-state index in [-0.39, 0.29) is 5.82 Å². The molecular weight excluding hydrogens is 224 g/mol. The average Bonchev–Trinajstić information content (AvgIpc) is 2.89. The molecule has 0 bridgehead atoms. The minimum Gasteiger partial charge on any atom is -0.463 e. The number of anilines is 1. The van der Waals surface area contributed by atoms with Gasteiger partial charge in [-0.15, -0.1) is 0 Å². The van der Waals surface area contributed by atoms with Crippen molar-refractivity contribution in [3.05, 3.63) is 36.1 Å². The summed E-state index contributed by atoms with van der Waals surface area (Å²) < 4.78 is 9.21. The van der Waals surface area contributed by atoms with Crippen molar-refractivity contribution in [3.63, 3.8) is 0 Å². The third-order valence-electron chi connectivity index (χ3n) is 1.97. The first-order chi connectivity index (χ1) is 8.29. The van der Waals surface area contributed by atoms with E-state index in [0.717, 1.165) is 5.69 Å². The van der Waals surface area contributed by atoms with Gasteiger partial charge in [0.05, 0.1) is 13.7 Å². The molecule has 2 aromatic rings. The Hall–Kier alpha value is -2.44. The van der Waals surface area contributed by atoms with Crippen LogP contribution in [0.2, 0.25) is 0 Å². The van der Waals surface area contributed by atoms with Gasteiger partial charge in [0.25, 0.3) is 0 Å². The molecule has 7 nitrogen and oxygen atoms in total. The summed E-state index contributed by atoms with van der Waals surface area (Å²) in [6, 6.07) is 3.38. The van der Waals surface area contributed by atoms with E-state index in [9.17, 15) is 4.79 Å². The van der Waals surface area contributed by atoms with E-state index in [1.807, 2.05) is 0 Å². The summed E-state index contributed by atoms with van der Waals surface area (Å²) in [6.45, 7) is 0.453. The fraction of sp³-hybridized carbons (Fsp3) is 0.200.